The lowest BCUT2D eigenvalue weighted by Gasteiger charge is -2.30. The number of hydrogen-bond acceptors (Lipinski definition) is 5. The molecule has 1 saturated carbocycles. The quantitative estimate of drug-likeness (QED) is 0.788. The third-order valence-corrected chi connectivity index (χ3v) is 5.94. The minimum atomic E-state index is -0.370. The van der Waals surface area contributed by atoms with E-state index in [-0.39, 0.29) is 29.5 Å². The fourth-order valence-electron chi connectivity index (χ4n) is 4.36. The van der Waals surface area contributed by atoms with E-state index in [2.05, 4.69) is 15.3 Å². The number of aromatic nitrogens is 2. The molecular formula is C23H28N4O3. The summed E-state index contributed by atoms with van der Waals surface area (Å²) in [5, 5.41) is 2.74. The van der Waals surface area contributed by atoms with Crippen LogP contribution in [-0.4, -0.2) is 45.9 Å². The van der Waals surface area contributed by atoms with Crippen molar-refractivity contribution < 1.29 is 14.3 Å². The van der Waals surface area contributed by atoms with Crippen LogP contribution in [0, 0.1) is 5.92 Å². The summed E-state index contributed by atoms with van der Waals surface area (Å²) >= 11 is 0. The van der Waals surface area contributed by atoms with Crippen molar-refractivity contribution in [1.82, 2.24) is 14.9 Å². The van der Waals surface area contributed by atoms with Gasteiger partial charge in [0.1, 0.15) is 12.4 Å². The Balaban J connectivity index is 1.39. The van der Waals surface area contributed by atoms with E-state index >= 15 is 0 Å². The van der Waals surface area contributed by atoms with Crippen LogP contribution in [0.2, 0.25) is 0 Å². The molecule has 2 amide bonds. The van der Waals surface area contributed by atoms with Crippen molar-refractivity contribution >= 4 is 17.6 Å². The van der Waals surface area contributed by atoms with Crippen molar-refractivity contribution in [3.63, 3.8) is 0 Å². The molecule has 0 spiro atoms. The number of anilines is 1. The van der Waals surface area contributed by atoms with Crippen LogP contribution < -0.4 is 10.1 Å². The number of pyridine rings is 2. The molecule has 30 heavy (non-hydrogen) atoms. The van der Waals surface area contributed by atoms with E-state index in [1.807, 2.05) is 4.90 Å². The maximum Gasteiger partial charge on any atom is 0.279 e. The zero-order valence-corrected chi connectivity index (χ0v) is 17.1. The maximum atomic E-state index is 13.0. The van der Waals surface area contributed by atoms with Gasteiger partial charge in [0.2, 0.25) is 5.91 Å². The lowest BCUT2D eigenvalue weighted by molar-refractivity contribution is -0.137. The second-order valence-electron chi connectivity index (χ2n) is 7.99. The summed E-state index contributed by atoms with van der Waals surface area (Å²) in [4.78, 5) is 36.0. The molecule has 7 heteroatoms. The summed E-state index contributed by atoms with van der Waals surface area (Å²) in [7, 11) is 0. The number of amides is 2. The minimum Gasteiger partial charge on any atom is -0.489 e. The zero-order chi connectivity index (χ0) is 20.8. The van der Waals surface area contributed by atoms with Crippen molar-refractivity contribution in [2.75, 3.05) is 18.5 Å². The first-order valence-electron chi connectivity index (χ1n) is 10.8. The van der Waals surface area contributed by atoms with Crippen molar-refractivity contribution in [2.45, 2.75) is 51.0 Å². The molecule has 1 aliphatic heterocycles. The Bertz CT molecular complexity index is 868. The van der Waals surface area contributed by atoms with Gasteiger partial charge in [0.05, 0.1) is 6.04 Å². The molecule has 0 bridgehead atoms. The predicted molar refractivity (Wildman–Crippen MR) is 113 cm³/mol. The summed E-state index contributed by atoms with van der Waals surface area (Å²) in [6.07, 6.45) is 10.6. The van der Waals surface area contributed by atoms with Gasteiger partial charge in [-0.3, -0.25) is 9.59 Å². The molecule has 2 aromatic rings. The Morgan fingerprint density at radius 2 is 1.83 bits per heavy atom. The van der Waals surface area contributed by atoms with E-state index < -0.39 is 0 Å². The Morgan fingerprint density at radius 3 is 2.63 bits per heavy atom. The first-order valence-corrected chi connectivity index (χ1v) is 10.8. The van der Waals surface area contributed by atoms with Gasteiger partial charge >= 0.3 is 0 Å². The SMILES string of the molecule is O=C(Nc1ccccn1)c1ncccc1OC[C@H]1CCCN1C(=O)C1CCCCC1. The first kappa shape index (κ1) is 20.3. The standard InChI is InChI=1S/C23H28N4O3/c28-22(26-20-12-4-5-13-24-20)21-19(11-6-14-25-21)30-16-18-10-7-15-27(18)23(29)17-8-2-1-3-9-17/h4-6,11-14,17-18H,1-3,7-10,15-16H2,(H,24,26,28)/t18-/m1/s1. The van der Waals surface area contributed by atoms with Gasteiger partial charge in [0, 0.05) is 24.9 Å². The average Bonchev–Trinajstić information content (AvgIpc) is 3.27. The molecule has 0 unspecified atom stereocenters. The summed E-state index contributed by atoms with van der Waals surface area (Å²) in [6, 6.07) is 8.83. The first-order chi connectivity index (χ1) is 14.7. The lowest BCUT2D eigenvalue weighted by Crippen LogP contribution is -2.42. The van der Waals surface area contributed by atoms with Crippen molar-refractivity contribution in [1.29, 1.82) is 0 Å². The summed E-state index contributed by atoms with van der Waals surface area (Å²) in [6.45, 7) is 1.16. The number of hydrogen-bond donors (Lipinski definition) is 1. The second kappa shape index (κ2) is 9.69. The molecule has 4 rings (SSSR count). The third kappa shape index (κ3) is 4.78. The highest BCUT2D eigenvalue weighted by Crippen LogP contribution is 2.29. The number of likely N-dealkylation sites (tertiary alicyclic amines) is 1. The second-order valence-corrected chi connectivity index (χ2v) is 7.99. The maximum absolute atomic E-state index is 13.0. The van der Waals surface area contributed by atoms with Crippen molar-refractivity contribution in [3.8, 4) is 5.75 Å². The number of carbonyl (C=O) groups is 2. The normalized spacial score (nSPS) is 19.5. The van der Waals surface area contributed by atoms with E-state index in [1.54, 1.807) is 42.7 Å². The molecule has 1 aliphatic carbocycles. The number of nitrogens with zero attached hydrogens (tertiary/aromatic N) is 3. The van der Waals surface area contributed by atoms with Gasteiger partial charge < -0.3 is 15.0 Å². The smallest absolute Gasteiger partial charge is 0.279 e. The molecule has 0 aromatic carbocycles. The molecule has 0 radical (unpaired) electrons. The van der Waals surface area contributed by atoms with Gasteiger partial charge in [0.15, 0.2) is 11.4 Å². The van der Waals surface area contributed by atoms with E-state index in [1.165, 1.54) is 6.42 Å². The zero-order valence-electron chi connectivity index (χ0n) is 17.1. The number of rotatable bonds is 6. The summed E-state index contributed by atoms with van der Waals surface area (Å²) < 4.78 is 6.01. The topological polar surface area (TPSA) is 84.4 Å². The molecule has 3 heterocycles. The average molecular weight is 409 g/mol. The lowest BCUT2D eigenvalue weighted by atomic mass is 9.88. The van der Waals surface area contributed by atoms with Crippen LogP contribution in [0.4, 0.5) is 5.82 Å². The van der Waals surface area contributed by atoms with Crippen molar-refractivity contribution in [2.24, 2.45) is 5.92 Å². The minimum absolute atomic E-state index is 0.0475. The number of nitrogens with one attached hydrogen (secondary N) is 1. The van der Waals surface area contributed by atoms with Crippen LogP contribution in [0.1, 0.15) is 55.4 Å². The highest BCUT2D eigenvalue weighted by Gasteiger charge is 2.34. The molecule has 158 valence electrons. The van der Waals surface area contributed by atoms with Gasteiger partial charge in [-0.15, -0.1) is 0 Å². The van der Waals surface area contributed by atoms with Crippen molar-refractivity contribution in [3.05, 3.63) is 48.4 Å². The van der Waals surface area contributed by atoms with E-state index in [9.17, 15) is 9.59 Å². The molecular weight excluding hydrogens is 380 g/mol. The van der Waals surface area contributed by atoms with E-state index in [4.69, 9.17) is 4.74 Å². The van der Waals surface area contributed by atoms with Crippen LogP contribution >= 0.6 is 0 Å². The van der Waals surface area contributed by atoms with E-state index in [0.717, 1.165) is 45.1 Å². The van der Waals surface area contributed by atoms with Gasteiger partial charge in [-0.25, -0.2) is 9.97 Å². The summed E-state index contributed by atoms with van der Waals surface area (Å²) in [5.41, 5.74) is 0.214. The number of carbonyl (C=O) groups excluding carboxylic acids is 2. The monoisotopic (exact) mass is 408 g/mol. The molecule has 1 saturated heterocycles. The van der Waals surface area contributed by atoms with Gasteiger partial charge in [-0.05, 0) is 49.9 Å². The fourth-order valence-corrected chi connectivity index (χ4v) is 4.36. The van der Waals surface area contributed by atoms with E-state index in [0.29, 0.717) is 18.2 Å². The summed E-state index contributed by atoms with van der Waals surface area (Å²) in [5.74, 6) is 0.950. The molecule has 2 aliphatic rings. The largest absolute Gasteiger partial charge is 0.489 e. The molecule has 2 fully saturated rings. The van der Waals surface area contributed by atoms with Crippen LogP contribution in [-0.2, 0) is 4.79 Å². The highest BCUT2D eigenvalue weighted by molar-refractivity contribution is 6.04. The Kier molecular flexibility index (Phi) is 6.57. The van der Waals surface area contributed by atoms with Gasteiger partial charge in [0.25, 0.3) is 5.91 Å². The highest BCUT2D eigenvalue weighted by atomic mass is 16.5. The van der Waals surface area contributed by atoms with Gasteiger partial charge in [-0.2, -0.15) is 0 Å². The molecule has 2 aromatic heterocycles. The molecule has 7 nitrogen and oxygen atoms in total. The van der Waals surface area contributed by atoms with Crippen LogP contribution in [0.5, 0.6) is 5.75 Å². The third-order valence-electron chi connectivity index (χ3n) is 5.94. The molecule has 1 atom stereocenters. The predicted octanol–water partition coefficient (Wildman–Crippen LogP) is 3.68. The van der Waals surface area contributed by atoms with Gasteiger partial charge in [-0.1, -0.05) is 25.3 Å². The van der Waals surface area contributed by atoms with Crippen LogP contribution in [0.25, 0.3) is 0 Å². The fraction of sp³-hybridized carbons (Fsp3) is 0.478. The Hall–Kier alpha value is -2.96. The number of ether oxygens (including phenoxy) is 1. The Morgan fingerprint density at radius 1 is 1.00 bits per heavy atom. The molecule has 1 N–H and O–H groups in total. The van der Waals surface area contributed by atoms with Crippen LogP contribution in [0.15, 0.2) is 42.7 Å². The Labute approximate surface area is 176 Å². The van der Waals surface area contributed by atoms with Crippen LogP contribution in [0.3, 0.4) is 0 Å².